The normalized spacial score (nSPS) is 11.7. The van der Waals surface area contributed by atoms with Crippen LogP contribution in [0.25, 0.3) is 0 Å². The Morgan fingerprint density at radius 1 is 1.00 bits per heavy atom. The molecular weight excluding hydrogens is 378 g/mol. The first-order valence-electron chi connectivity index (χ1n) is 9.74. The zero-order valence-electron chi connectivity index (χ0n) is 17.4. The molecule has 1 atom stereocenters. The molecule has 0 radical (unpaired) electrons. The smallest absolute Gasteiger partial charge is 0.265 e. The van der Waals surface area contributed by atoms with Gasteiger partial charge in [0.25, 0.3) is 5.91 Å². The Bertz CT molecular complexity index is 968. The molecular formula is C25H27NO2S. The lowest BCUT2D eigenvalue weighted by Gasteiger charge is -2.18. The molecule has 0 bridgehead atoms. The predicted octanol–water partition coefficient (Wildman–Crippen LogP) is 6.31. The van der Waals surface area contributed by atoms with E-state index in [0.29, 0.717) is 0 Å². The van der Waals surface area contributed by atoms with Crippen molar-refractivity contribution in [2.24, 2.45) is 0 Å². The lowest BCUT2D eigenvalue weighted by molar-refractivity contribution is -0.122. The predicted molar refractivity (Wildman–Crippen MR) is 122 cm³/mol. The number of rotatable bonds is 7. The van der Waals surface area contributed by atoms with Gasteiger partial charge in [-0.05, 0) is 80.3 Å². The van der Waals surface area contributed by atoms with Gasteiger partial charge in [-0.3, -0.25) is 4.79 Å². The summed E-state index contributed by atoms with van der Waals surface area (Å²) in [6.07, 6.45) is -0.580. The van der Waals surface area contributed by atoms with Gasteiger partial charge in [-0.15, -0.1) is 11.8 Å². The highest BCUT2D eigenvalue weighted by Gasteiger charge is 2.16. The van der Waals surface area contributed by atoms with E-state index in [9.17, 15) is 4.79 Å². The second-order valence-corrected chi connectivity index (χ2v) is 8.30. The highest BCUT2D eigenvalue weighted by atomic mass is 32.2. The maximum Gasteiger partial charge on any atom is 0.265 e. The monoisotopic (exact) mass is 405 g/mol. The molecule has 0 saturated heterocycles. The average molecular weight is 406 g/mol. The maximum absolute atomic E-state index is 12.6. The largest absolute Gasteiger partial charge is 0.481 e. The van der Waals surface area contributed by atoms with E-state index in [-0.39, 0.29) is 5.91 Å². The van der Waals surface area contributed by atoms with Gasteiger partial charge >= 0.3 is 0 Å². The molecule has 1 amide bonds. The van der Waals surface area contributed by atoms with Crippen LogP contribution >= 0.6 is 11.8 Å². The fourth-order valence-corrected chi connectivity index (χ4v) is 3.85. The number of amides is 1. The average Bonchev–Trinajstić information content (AvgIpc) is 2.72. The lowest BCUT2D eigenvalue weighted by atomic mass is 10.1. The summed E-state index contributed by atoms with van der Waals surface area (Å²) >= 11 is 1.80. The number of anilines is 1. The molecule has 0 aromatic heterocycles. The minimum atomic E-state index is -0.580. The summed E-state index contributed by atoms with van der Waals surface area (Å²) in [6.45, 7) is 7.87. The highest BCUT2D eigenvalue weighted by molar-refractivity contribution is 7.98. The molecule has 3 rings (SSSR count). The molecule has 0 aliphatic heterocycles. The number of aryl methyl sites for hydroxylation is 2. The number of hydrogen-bond donors (Lipinski definition) is 1. The molecule has 3 aromatic rings. The topological polar surface area (TPSA) is 38.3 Å². The third-order valence-electron chi connectivity index (χ3n) is 4.81. The first-order valence-corrected chi connectivity index (χ1v) is 10.7. The van der Waals surface area contributed by atoms with Gasteiger partial charge in [0.15, 0.2) is 6.10 Å². The van der Waals surface area contributed by atoms with E-state index in [2.05, 4.69) is 30.4 Å². The Morgan fingerprint density at radius 3 is 2.38 bits per heavy atom. The van der Waals surface area contributed by atoms with Gasteiger partial charge in [-0.1, -0.05) is 36.4 Å². The SMILES string of the molecule is Cc1cc(C)c(C)c(O[C@@H](C)C(=O)Nc2ccc(CSc3ccccc3)cc2)c1. The molecule has 3 nitrogen and oxygen atoms in total. The van der Waals surface area contributed by atoms with Crippen molar-refractivity contribution in [2.75, 3.05) is 5.32 Å². The number of thioether (sulfide) groups is 1. The third kappa shape index (κ3) is 5.88. The fourth-order valence-electron chi connectivity index (χ4n) is 2.98. The van der Waals surface area contributed by atoms with Gasteiger partial charge in [-0.2, -0.15) is 0 Å². The maximum atomic E-state index is 12.6. The second-order valence-electron chi connectivity index (χ2n) is 7.25. The summed E-state index contributed by atoms with van der Waals surface area (Å²) in [5, 5.41) is 2.94. The zero-order valence-corrected chi connectivity index (χ0v) is 18.2. The van der Waals surface area contributed by atoms with E-state index in [1.165, 1.54) is 10.5 Å². The Balaban J connectivity index is 1.56. The molecule has 0 fully saturated rings. The van der Waals surface area contributed by atoms with Gasteiger partial charge in [0.1, 0.15) is 5.75 Å². The Labute approximate surface area is 177 Å². The van der Waals surface area contributed by atoms with Gasteiger partial charge in [0, 0.05) is 16.3 Å². The molecule has 0 unspecified atom stereocenters. The number of carbonyl (C=O) groups excluding carboxylic acids is 1. The van der Waals surface area contributed by atoms with Crippen LogP contribution in [0.4, 0.5) is 5.69 Å². The Hall–Kier alpha value is -2.72. The van der Waals surface area contributed by atoms with Crippen molar-refractivity contribution < 1.29 is 9.53 Å². The quantitative estimate of drug-likeness (QED) is 0.468. The lowest BCUT2D eigenvalue weighted by Crippen LogP contribution is -2.30. The van der Waals surface area contributed by atoms with Crippen molar-refractivity contribution in [1.82, 2.24) is 0 Å². The zero-order chi connectivity index (χ0) is 20.8. The molecule has 0 aliphatic rings. The summed E-state index contributed by atoms with van der Waals surface area (Å²) in [5.74, 6) is 1.50. The Kier molecular flexibility index (Phi) is 6.99. The summed E-state index contributed by atoms with van der Waals surface area (Å²) in [5.41, 5.74) is 5.34. The first-order chi connectivity index (χ1) is 13.9. The van der Waals surface area contributed by atoms with E-state index in [4.69, 9.17) is 4.74 Å². The molecule has 4 heteroatoms. The van der Waals surface area contributed by atoms with Crippen molar-refractivity contribution in [3.8, 4) is 5.75 Å². The van der Waals surface area contributed by atoms with Crippen molar-refractivity contribution in [2.45, 2.75) is 44.4 Å². The fraction of sp³-hybridized carbons (Fsp3) is 0.240. The van der Waals surface area contributed by atoms with Gasteiger partial charge < -0.3 is 10.1 Å². The van der Waals surface area contributed by atoms with Crippen LogP contribution in [0.3, 0.4) is 0 Å². The molecule has 0 spiro atoms. The minimum Gasteiger partial charge on any atom is -0.481 e. The number of hydrogen-bond acceptors (Lipinski definition) is 3. The van der Waals surface area contributed by atoms with Crippen LogP contribution in [0.2, 0.25) is 0 Å². The van der Waals surface area contributed by atoms with Crippen LogP contribution in [0.5, 0.6) is 5.75 Å². The van der Waals surface area contributed by atoms with Crippen LogP contribution in [0.15, 0.2) is 71.6 Å². The highest BCUT2D eigenvalue weighted by Crippen LogP contribution is 2.25. The molecule has 0 aliphatic carbocycles. The van der Waals surface area contributed by atoms with E-state index in [1.54, 1.807) is 18.7 Å². The summed E-state index contributed by atoms with van der Waals surface area (Å²) in [4.78, 5) is 13.8. The molecule has 150 valence electrons. The molecule has 3 aromatic carbocycles. The number of carbonyl (C=O) groups is 1. The summed E-state index contributed by atoms with van der Waals surface area (Å²) in [6, 6.07) is 22.4. The standard InChI is InChI=1S/C25H27NO2S/c1-17-14-18(2)19(3)24(15-17)28-20(4)25(27)26-22-12-10-21(11-13-22)16-29-23-8-6-5-7-9-23/h5-15,20H,16H2,1-4H3,(H,26,27)/t20-/m0/s1. The second kappa shape index (κ2) is 9.66. The van der Waals surface area contributed by atoms with Crippen molar-refractivity contribution >= 4 is 23.4 Å². The molecule has 1 N–H and O–H groups in total. The van der Waals surface area contributed by atoms with Crippen LogP contribution in [-0.2, 0) is 10.5 Å². The molecule has 0 saturated carbocycles. The van der Waals surface area contributed by atoms with Crippen LogP contribution in [-0.4, -0.2) is 12.0 Å². The van der Waals surface area contributed by atoms with Crippen LogP contribution < -0.4 is 10.1 Å². The van der Waals surface area contributed by atoms with Crippen molar-refractivity contribution in [3.05, 3.63) is 89.0 Å². The molecule has 0 heterocycles. The van der Waals surface area contributed by atoms with Crippen LogP contribution in [0.1, 0.15) is 29.2 Å². The number of benzene rings is 3. The van der Waals surface area contributed by atoms with E-state index < -0.39 is 6.10 Å². The molecule has 29 heavy (non-hydrogen) atoms. The van der Waals surface area contributed by atoms with E-state index in [0.717, 1.165) is 33.9 Å². The van der Waals surface area contributed by atoms with Gasteiger partial charge in [0.2, 0.25) is 0 Å². The van der Waals surface area contributed by atoms with Gasteiger partial charge in [-0.25, -0.2) is 0 Å². The summed E-state index contributed by atoms with van der Waals surface area (Å²) in [7, 11) is 0. The summed E-state index contributed by atoms with van der Waals surface area (Å²) < 4.78 is 5.94. The van der Waals surface area contributed by atoms with Crippen molar-refractivity contribution in [1.29, 1.82) is 0 Å². The third-order valence-corrected chi connectivity index (χ3v) is 5.89. The van der Waals surface area contributed by atoms with Crippen LogP contribution in [0, 0.1) is 20.8 Å². The Morgan fingerprint density at radius 2 is 1.69 bits per heavy atom. The van der Waals surface area contributed by atoms with E-state index >= 15 is 0 Å². The number of nitrogens with one attached hydrogen (secondary N) is 1. The first kappa shape index (κ1) is 21.0. The van der Waals surface area contributed by atoms with Gasteiger partial charge in [0.05, 0.1) is 0 Å². The minimum absolute atomic E-state index is 0.157. The number of ether oxygens (including phenoxy) is 1. The van der Waals surface area contributed by atoms with E-state index in [1.807, 2.05) is 62.4 Å². The van der Waals surface area contributed by atoms with Crippen molar-refractivity contribution in [3.63, 3.8) is 0 Å².